The zero-order valence-corrected chi connectivity index (χ0v) is 17.1. The highest BCUT2D eigenvalue weighted by molar-refractivity contribution is 7.99. The number of carbonyl (C=O) groups is 2. The Bertz CT molecular complexity index is 995. The summed E-state index contributed by atoms with van der Waals surface area (Å²) in [6.45, 7) is 1.68. The molecule has 3 aromatic rings. The zero-order valence-electron chi connectivity index (χ0n) is 16.3. The number of rotatable bonds is 9. The Labute approximate surface area is 177 Å². The molecule has 3 heterocycles. The van der Waals surface area contributed by atoms with Gasteiger partial charge < -0.3 is 19.9 Å². The number of nitrogens with one attached hydrogen (secondary N) is 2. The number of anilines is 1. The number of hydrogen-bond donors (Lipinski definition) is 2. The maximum Gasteiger partial charge on any atom is 0.242 e. The molecule has 1 aliphatic heterocycles. The van der Waals surface area contributed by atoms with Crippen LogP contribution in [0.15, 0.2) is 54.1 Å². The molecule has 0 atom stereocenters. The van der Waals surface area contributed by atoms with Crippen molar-refractivity contribution in [1.82, 2.24) is 24.6 Å². The van der Waals surface area contributed by atoms with Crippen LogP contribution >= 0.6 is 11.8 Å². The maximum atomic E-state index is 12.2. The Hall–Kier alpha value is -3.27. The van der Waals surface area contributed by atoms with Crippen LogP contribution < -0.4 is 15.4 Å². The average molecular weight is 427 g/mol. The number of aryl methyl sites for hydroxylation is 1. The number of carbonyl (C=O) groups excluding carboxylic acids is 2. The van der Waals surface area contributed by atoms with Gasteiger partial charge in [-0.1, -0.05) is 30.0 Å². The minimum atomic E-state index is -0.180. The smallest absolute Gasteiger partial charge is 0.242 e. The molecule has 0 saturated carbocycles. The predicted molar refractivity (Wildman–Crippen MR) is 112 cm³/mol. The molecule has 30 heavy (non-hydrogen) atoms. The van der Waals surface area contributed by atoms with Crippen molar-refractivity contribution in [2.45, 2.75) is 31.2 Å². The van der Waals surface area contributed by atoms with Gasteiger partial charge in [-0.2, -0.15) is 5.10 Å². The second-order valence-electron chi connectivity index (χ2n) is 6.72. The third-order valence-electron chi connectivity index (χ3n) is 4.38. The van der Waals surface area contributed by atoms with Gasteiger partial charge in [-0.25, -0.2) is 4.98 Å². The molecule has 4 rings (SSSR count). The topological polar surface area (TPSA) is 103 Å². The monoisotopic (exact) mass is 426 g/mol. The first-order valence-electron chi connectivity index (χ1n) is 9.61. The fraction of sp³-hybridized carbons (Fsp3) is 0.300. The van der Waals surface area contributed by atoms with E-state index < -0.39 is 0 Å². The first kappa shape index (κ1) is 20.0. The molecule has 1 aromatic carbocycles. The van der Waals surface area contributed by atoms with Crippen molar-refractivity contribution in [1.29, 1.82) is 0 Å². The van der Waals surface area contributed by atoms with Crippen molar-refractivity contribution in [3.8, 4) is 5.75 Å². The Kier molecular flexibility index (Phi) is 6.33. The number of hydrogen-bond acceptors (Lipinski definition) is 6. The fourth-order valence-electron chi connectivity index (χ4n) is 2.96. The average Bonchev–Trinajstić information content (AvgIpc) is 3.44. The minimum absolute atomic E-state index is 0.0648. The van der Waals surface area contributed by atoms with Crippen LogP contribution in [0.4, 0.5) is 5.69 Å². The Balaban J connectivity index is 1.17. The van der Waals surface area contributed by atoms with Crippen molar-refractivity contribution in [2.75, 3.05) is 17.7 Å². The molecule has 2 N–H and O–H groups in total. The summed E-state index contributed by atoms with van der Waals surface area (Å²) >= 11 is 1.72. The van der Waals surface area contributed by atoms with Gasteiger partial charge in [0.05, 0.1) is 37.2 Å². The highest BCUT2D eigenvalue weighted by Gasteiger charge is 2.15. The van der Waals surface area contributed by atoms with Gasteiger partial charge in [-0.15, -0.1) is 0 Å². The van der Waals surface area contributed by atoms with Crippen LogP contribution in [0.3, 0.4) is 0 Å². The molecule has 0 spiro atoms. The van der Waals surface area contributed by atoms with Crippen LogP contribution in [-0.2, 0) is 29.2 Å². The van der Waals surface area contributed by atoms with Crippen molar-refractivity contribution >= 4 is 29.3 Å². The van der Waals surface area contributed by atoms with Crippen LogP contribution in [0.25, 0.3) is 0 Å². The predicted octanol–water partition coefficient (Wildman–Crippen LogP) is 1.91. The van der Waals surface area contributed by atoms with Crippen molar-refractivity contribution < 1.29 is 14.3 Å². The van der Waals surface area contributed by atoms with Gasteiger partial charge in [0, 0.05) is 24.7 Å². The van der Waals surface area contributed by atoms with Crippen LogP contribution in [-0.4, -0.2) is 43.5 Å². The SMILES string of the molecule is O=C(Cn1cc(NC(=O)CCOc2ccccc2)cn1)NCc1cn2c(n1)SCC2. The summed E-state index contributed by atoms with van der Waals surface area (Å²) in [6, 6.07) is 9.33. The van der Waals surface area contributed by atoms with E-state index in [9.17, 15) is 9.59 Å². The van der Waals surface area contributed by atoms with Gasteiger partial charge in [0.1, 0.15) is 12.3 Å². The molecule has 0 saturated heterocycles. The van der Waals surface area contributed by atoms with Gasteiger partial charge in [-0.05, 0) is 12.1 Å². The third kappa shape index (κ3) is 5.41. The minimum Gasteiger partial charge on any atom is -0.493 e. The van der Waals surface area contributed by atoms with Crippen LogP contribution in [0.2, 0.25) is 0 Å². The van der Waals surface area contributed by atoms with E-state index >= 15 is 0 Å². The van der Waals surface area contributed by atoms with Crippen LogP contribution in [0.1, 0.15) is 12.1 Å². The summed E-state index contributed by atoms with van der Waals surface area (Å²) in [5.74, 6) is 1.42. The van der Waals surface area contributed by atoms with Crippen molar-refractivity contribution in [3.05, 3.63) is 54.6 Å². The van der Waals surface area contributed by atoms with E-state index in [1.54, 1.807) is 18.0 Å². The molecule has 2 aromatic heterocycles. The molecule has 1 aliphatic rings. The lowest BCUT2D eigenvalue weighted by Gasteiger charge is -2.06. The Morgan fingerprint density at radius 2 is 2.03 bits per heavy atom. The van der Waals surface area contributed by atoms with Crippen LogP contribution in [0, 0.1) is 0 Å². The quantitative estimate of drug-likeness (QED) is 0.542. The number of fused-ring (bicyclic) bond motifs is 1. The summed E-state index contributed by atoms with van der Waals surface area (Å²) in [6.07, 6.45) is 5.32. The van der Waals surface area contributed by atoms with E-state index in [1.165, 1.54) is 10.9 Å². The standard InChI is InChI=1S/C20H22N6O3S/c27-18(6-8-29-17-4-2-1-3-5-17)23-16-11-22-26(13-16)14-19(28)21-10-15-12-25-7-9-30-20(25)24-15/h1-5,11-13H,6-10,14H2,(H,21,28)(H,23,27). The Morgan fingerprint density at radius 1 is 1.17 bits per heavy atom. The number of nitrogens with zero attached hydrogens (tertiary/aromatic N) is 4. The molecule has 0 unspecified atom stereocenters. The molecule has 10 heteroatoms. The van der Waals surface area contributed by atoms with Gasteiger partial charge >= 0.3 is 0 Å². The first-order chi connectivity index (χ1) is 14.7. The van der Waals surface area contributed by atoms with E-state index in [4.69, 9.17) is 4.74 Å². The second-order valence-corrected chi connectivity index (χ2v) is 7.78. The largest absolute Gasteiger partial charge is 0.493 e. The van der Waals surface area contributed by atoms with E-state index in [0.717, 1.165) is 28.9 Å². The Morgan fingerprint density at radius 3 is 2.87 bits per heavy atom. The van der Waals surface area contributed by atoms with Gasteiger partial charge in [0.25, 0.3) is 0 Å². The summed E-state index contributed by atoms with van der Waals surface area (Å²) < 4.78 is 9.09. The molecular weight excluding hydrogens is 404 g/mol. The molecule has 2 amide bonds. The number of thioether (sulfide) groups is 1. The summed E-state index contributed by atoms with van der Waals surface area (Å²) in [5.41, 5.74) is 1.38. The normalized spacial score (nSPS) is 12.4. The molecule has 0 aliphatic carbocycles. The first-order valence-corrected chi connectivity index (χ1v) is 10.6. The number of para-hydroxylation sites is 1. The van der Waals surface area contributed by atoms with Crippen molar-refractivity contribution in [2.24, 2.45) is 0 Å². The van der Waals surface area contributed by atoms with Gasteiger partial charge in [0.2, 0.25) is 11.8 Å². The van der Waals surface area contributed by atoms with E-state index in [0.29, 0.717) is 12.2 Å². The van der Waals surface area contributed by atoms with Crippen LogP contribution in [0.5, 0.6) is 5.75 Å². The third-order valence-corrected chi connectivity index (χ3v) is 5.35. The van der Waals surface area contributed by atoms with Crippen molar-refractivity contribution in [3.63, 3.8) is 0 Å². The molecule has 0 bridgehead atoms. The lowest BCUT2D eigenvalue weighted by atomic mass is 10.3. The summed E-state index contributed by atoms with van der Waals surface area (Å²) in [5, 5.41) is 10.7. The molecule has 9 nitrogen and oxygen atoms in total. The van der Waals surface area contributed by atoms with E-state index in [1.807, 2.05) is 36.5 Å². The lowest BCUT2D eigenvalue weighted by Crippen LogP contribution is -2.27. The molecular formula is C20H22N6O3S. The summed E-state index contributed by atoms with van der Waals surface area (Å²) in [4.78, 5) is 28.7. The van der Waals surface area contributed by atoms with Gasteiger partial charge in [0.15, 0.2) is 5.16 Å². The van der Waals surface area contributed by atoms with Gasteiger partial charge in [-0.3, -0.25) is 14.3 Å². The number of imidazole rings is 1. The number of benzene rings is 1. The number of ether oxygens (including phenoxy) is 1. The highest BCUT2D eigenvalue weighted by atomic mass is 32.2. The second kappa shape index (κ2) is 9.49. The molecule has 156 valence electrons. The maximum absolute atomic E-state index is 12.2. The number of amides is 2. The summed E-state index contributed by atoms with van der Waals surface area (Å²) in [7, 11) is 0. The zero-order chi connectivity index (χ0) is 20.8. The molecule has 0 fully saturated rings. The van der Waals surface area contributed by atoms with E-state index in [-0.39, 0.29) is 31.4 Å². The number of aromatic nitrogens is 4. The molecule has 0 radical (unpaired) electrons. The lowest BCUT2D eigenvalue weighted by molar-refractivity contribution is -0.122. The fourth-order valence-corrected chi connectivity index (χ4v) is 3.92. The highest BCUT2D eigenvalue weighted by Crippen LogP contribution is 2.24. The van der Waals surface area contributed by atoms with E-state index in [2.05, 4.69) is 25.3 Å².